The Kier molecular flexibility index (Phi) is 2.09. The molecule has 82 valence electrons. The van der Waals surface area contributed by atoms with Gasteiger partial charge in [0.05, 0.1) is 6.20 Å². The lowest BCUT2D eigenvalue weighted by Gasteiger charge is -2.19. The lowest BCUT2D eigenvalue weighted by molar-refractivity contribution is 0.350. The standard InChI is InChI=1S/C12H18N2O/c1-12(4-5-12)10-8-14-11(15-10)9-2-6-13-7-3-9/h8-9,13H,2-7H2,1H3. The Balaban J connectivity index is 1.77. The van der Waals surface area contributed by atoms with Crippen molar-refractivity contribution in [1.82, 2.24) is 10.3 Å². The van der Waals surface area contributed by atoms with Gasteiger partial charge in [0, 0.05) is 11.3 Å². The largest absolute Gasteiger partial charge is 0.445 e. The third kappa shape index (κ3) is 1.69. The summed E-state index contributed by atoms with van der Waals surface area (Å²) in [7, 11) is 0. The van der Waals surface area contributed by atoms with Gasteiger partial charge in [-0.25, -0.2) is 4.98 Å². The molecule has 3 heteroatoms. The molecule has 15 heavy (non-hydrogen) atoms. The SMILES string of the molecule is CC1(c2cnc(C3CCNCC3)o2)CC1. The van der Waals surface area contributed by atoms with Crippen LogP contribution in [0.15, 0.2) is 10.6 Å². The molecule has 2 aliphatic rings. The van der Waals surface area contributed by atoms with Gasteiger partial charge in [-0.1, -0.05) is 6.92 Å². The predicted molar refractivity (Wildman–Crippen MR) is 57.9 cm³/mol. The van der Waals surface area contributed by atoms with Crippen molar-refractivity contribution >= 4 is 0 Å². The molecule has 1 aliphatic heterocycles. The van der Waals surface area contributed by atoms with Gasteiger partial charge in [-0.3, -0.25) is 0 Å². The van der Waals surface area contributed by atoms with Crippen molar-refractivity contribution < 1.29 is 4.42 Å². The van der Waals surface area contributed by atoms with E-state index in [0.717, 1.165) is 37.6 Å². The highest BCUT2D eigenvalue weighted by Gasteiger charge is 2.42. The molecule has 1 aromatic rings. The van der Waals surface area contributed by atoms with Gasteiger partial charge in [-0.05, 0) is 38.8 Å². The Morgan fingerprint density at radius 1 is 1.40 bits per heavy atom. The summed E-state index contributed by atoms with van der Waals surface area (Å²) in [5.41, 5.74) is 0.318. The molecule has 3 rings (SSSR count). The topological polar surface area (TPSA) is 38.1 Å². The highest BCUT2D eigenvalue weighted by atomic mass is 16.4. The van der Waals surface area contributed by atoms with Crippen molar-refractivity contribution in [2.45, 2.75) is 43.9 Å². The van der Waals surface area contributed by atoms with E-state index in [-0.39, 0.29) is 0 Å². The van der Waals surface area contributed by atoms with Crippen LogP contribution in [-0.2, 0) is 5.41 Å². The first-order valence-corrected chi connectivity index (χ1v) is 5.95. The molecule has 0 atom stereocenters. The van der Waals surface area contributed by atoms with Gasteiger partial charge in [0.15, 0.2) is 5.89 Å². The summed E-state index contributed by atoms with van der Waals surface area (Å²) >= 11 is 0. The Labute approximate surface area is 90.3 Å². The molecule has 0 amide bonds. The van der Waals surface area contributed by atoms with Gasteiger partial charge >= 0.3 is 0 Å². The molecule has 0 bridgehead atoms. The normalized spacial score (nSPS) is 25.4. The monoisotopic (exact) mass is 206 g/mol. The molecule has 1 N–H and O–H groups in total. The van der Waals surface area contributed by atoms with Crippen molar-refractivity contribution in [3.8, 4) is 0 Å². The number of hydrogen-bond donors (Lipinski definition) is 1. The fourth-order valence-electron chi connectivity index (χ4n) is 2.26. The third-order valence-corrected chi connectivity index (χ3v) is 3.81. The summed E-state index contributed by atoms with van der Waals surface area (Å²) in [4.78, 5) is 4.45. The molecule has 1 aliphatic carbocycles. The number of aromatic nitrogens is 1. The number of hydrogen-bond acceptors (Lipinski definition) is 3. The number of oxazole rings is 1. The zero-order valence-corrected chi connectivity index (χ0v) is 9.25. The van der Waals surface area contributed by atoms with Crippen LogP contribution in [0.2, 0.25) is 0 Å². The van der Waals surface area contributed by atoms with Crippen molar-refractivity contribution in [2.75, 3.05) is 13.1 Å². The second-order valence-electron chi connectivity index (χ2n) is 5.15. The van der Waals surface area contributed by atoms with Crippen molar-refractivity contribution in [3.05, 3.63) is 17.8 Å². The molecule has 0 spiro atoms. The Morgan fingerprint density at radius 3 is 2.80 bits per heavy atom. The molecule has 0 radical (unpaired) electrons. The molecular weight excluding hydrogens is 188 g/mol. The van der Waals surface area contributed by atoms with Gasteiger partial charge < -0.3 is 9.73 Å². The summed E-state index contributed by atoms with van der Waals surface area (Å²) in [6.07, 6.45) is 6.79. The zero-order valence-electron chi connectivity index (χ0n) is 9.25. The van der Waals surface area contributed by atoms with E-state index in [1.165, 1.54) is 12.8 Å². The van der Waals surface area contributed by atoms with Gasteiger partial charge in [-0.2, -0.15) is 0 Å². The van der Waals surface area contributed by atoms with E-state index in [4.69, 9.17) is 4.42 Å². The molecule has 0 unspecified atom stereocenters. The summed E-state index contributed by atoms with van der Waals surface area (Å²) in [6.45, 7) is 4.46. The predicted octanol–water partition coefficient (Wildman–Crippen LogP) is 2.19. The van der Waals surface area contributed by atoms with Crippen molar-refractivity contribution in [2.24, 2.45) is 0 Å². The fraction of sp³-hybridized carbons (Fsp3) is 0.750. The van der Waals surface area contributed by atoms with E-state index < -0.39 is 0 Å². The smallest absolute Gasteiger partial charge is 0.197 e. The average Bonchev–Trinajstić information content (AvgIpc) is 2.85. The number of rotatable bonds is 2. The molecule has 1 saturated heterocycles. The minimum Gasteiger partial charge on any atom is -0.445 e. The number of nitrogens with zero attached hydrogens (tertiary/aromatic N) is 1. The number of nitrogens with one attached hydrogen (secondary N) is 1. The van der Waals surface area contributed by atoms with Crippen LogP contribution in [0.5, 0.6) is 0 Å². The van der Waals surface area contributed by atoms with Crippen LogP contribution in [0.3, 0.4) is 0 Å². The molecule has 2 fully saturated rings. The van der Waals surface area contributed by atoms with Crippen LogP contribution in [0.1, 0.15) is 50.2 Å². The van der Waals surface area contributed by atoms with E-state index in [2.05, 4.69) is 17.2 Å². The van der Waals surface area contributed by atoms with E-state index in [1.54, 1.807) is 0 Å². The van der Waals surface area contributed by atoms with Crippen LogP contribution in [0, 0.1) is 0 Å². The van der Waals surface area contributed by atoms with E-state index >= 15 is 0 Å². The van der Waals surface area contributed by atoms with Gasteiger partial charge in [0.25, 0.3) is 0 Å². The summed E-state index contributed by atoms with van der Waals surface area (Å²) < 4.78 is 5.91. The Hall–Kier alpha value is -0.830. The third-order valence-electron chi connectivity index (χ3n) is 3.81. The maximum absolute atomic E-state index is 5.91. The van der Waals surface area contributed by atoms with Crippen LogP contribution >= 0.6 is 0 Å². The fourth-order valence-corrected chi connectivity index (χ4v) is 2.26. The van der Waals surface area contributed by atoms with Gasteiger partial charge in [-0.15, -0.1) is 0 Å². The zero-order chi connectivity index (χ0) is 10.3. The van der Waals surface area contributed by atoms with Crippen molar-refractivity contribution in [3.63, 3.8) is 0 Å². The van der Waals surface area contributed by atoms with Crippen LogP contribution < -0.4 is 5.32 Å². The first-order valence-electron chi connectivity index (χ1n) is 5.95. The maximum Gasteiger partial charge on any atom is 0.197 e. The minimum atomic E-state index is 0.318. The lowest BCUT2D eigenvalue weighted by Crippen LogP contribution is -2.26. The molecule has 2 heterocycles. The summed E-state index contributed by atoms with van der Waals surface area (Å²) in [6, 6.07) is 0. The second-order valence-corrected chi connectivity index (χ2v) is 5.15. The first kappa shape index (κ1) is 9.40. The lowest BCUT2D eigenvalue weighted by atomic mass is 9.98. The van der Waals surface area contributed by atoms with E-state index in [1.807, 2.05) is 6.20 Å². The molecule has 0 aromatic carbocycles. The first-order chi connectivity index (χ1) is 7.28. The summed E-state index contributed by atoms with van der Waals surface area (Å²) in [5.74, 6) is 2.62. The summed E-state index contributed by atoms with van der Waals surface area (Å²) in [5, 5.41) is 3.36. The van der Waals surface area contributed by atoms with Crippen LogP contribution in [0.25, 0.3) is 0 Å². The van der Waals surface area contributed by atoms with Crippen LogP contribution in [0.4, 0.5) is 0 Å². The molecular formula is C12H18N2O. The molecule has 1 saturated carbocycles. The molecule has 3 nitrogen and oxygen atoms in total. The van der Waals surface area contributed by atoms with Crippen LogP contribution in [-0.4, -0.2) is 18.1 Å². The number of piperidine rings is 1. The second kappa shape index (κ2) is 3.34. The Bertz CT molecular complexity index is 348. The highest BCUT2D eigenvalue weighted by Crippen LogP contribution is 2.48. The maximum atomic E-state index is 5.91. The average molecular weight is 206 g/mol. The highest BCUT2D eigenvalue weighted by molar-refractivity contribution is 5.18. The minimum absolute atomic E-state index is 0.318. The Morgan fingerprint density at radius 2 is 2.13 bits per heavy atom. The van der Waals surface area contributed by atoms with E-state index in [0.29, 0.717) is 11.3 Å². The quantitative estimate of drug-likeness (QED) is 0.806. The van der Waals surface area contributed by atoms with Gasteiger partial charge in [0.1, 0.15) is 5.76 Å². The molecule has 1 aromatic heterocycles. The van der Waals surface area contributed by atoms with Gasteiger partial charge in [0.2, 0.25) is 0 Å². The van der Waals surface area contributed by atoms with Crippen molar-refractivity contribution in [1.29, 1.82) is 0 Å². The van der Waals surface area contributed by atoms with E-state index in [9.17, 15) is 0 Å².